The van der Waals surface area contributed by atoms with Gasteiger partial charge < -0.3 is 4.42 Å². The highest BCUT2D eigenvalue weighted by Gasteiger charge is 2.33. The van der Waals surface area contributed by atoms with E-state index in [0.717, 1.165) is 63.6 Å². The van der Waals surface area contributed by atoms with Gasteiger partial charge in [0.25, 0.3) is 11.7 Å². The first-order valence-corrected chi connectivity index (χ1v) is 20.4. The van der Waals surface area contributed by atoms with Crippen LogP contribution in [0.4, 0.5) is 5.69 Å². The van der Waals surface area contributed by atoms with Gasteiger partial charge in [-0.25, -0.2) is 0 Å². The van der Waals surface area contributed by atoms with Gasteiger partial charge >= 0.3 is 0 Å². The predicted molar refractivity (Wildman–Crippen MR) is 246 cm³/mol. The lowest BCUT2D eigenvalue weighted by Gasteiger charge is -2.20. The van der Waals surface area contributed by atoms with Crippen LogP contribution in [-0.4, -0.2) is 16.2 Å². The zero-order valence-corrected chi connectivity index (χ0v) is 32.3. The molecule has 2 heterocycles. The Morgan fingerprint density at radius 2 is 1.00 bits per heavy atom. The Morgan fingerprint density at radius 3 is 1.71 bits per heavy atom. The molecule has 12 rings (SSSR count). The number of benzene rings is 9. The van der Waals surface area contributed by atoms with E-state index in [9.17, 15) is 0 Å². The average Bonchev–Trinajstić information content (AvgIpc) is 3.64. The van der Waals surface area contributed by atoms with Crippen LogP contribution in [0.25, 0.3) is 82.9 Å². The zero-order valence-electron chi connectivity index (χ0n) is 32.3. The summed E-state index contributed by atoms with van der Waals surface area (Å²) in [5, 5.41) is 7.21. The van der Waals surface area contributed by atoms with Crippen LogP contribution in [0.3, 0.4) is 0 Å². The fourth-order valence-corrected chi connectivity index (χ4v) is 9.01. The SMILES string of the molecule is C1=Cc2cc3oc4ccc(-c5cccc(-c6cccc(-c7cccc(C8=NC(c9ccc%10ccccc%10c9)=[N+]8c8ccc9ccccc9c8)c7)c6)c5)cc4c3cc2CC1. The zero-order chi connectivity index (χ0) is 38.9. The van der Waals surface area contributed by atoms with Crippen molar-refractivity contribution in [2.24, 2.45) is 4.99 Å². The van der Waals surface area contributed by atoms with Crippen molar-refractivity contribution in [2.75, 3.05) is 0 Å². The van der Waals surface area contributed by atoms with Crippen molar-refractivity contribution < 1.29 is 8.99 Å². The number of furan rings is 1. The van der Waals surface area contributed by atoms with Gasteiger partial charge in [0.1, 0.15) is 16.9 Å². The van der Waals surface area contributed by atoms with Gasteiger partial charge in [-0.1, -0.05) is 132 Å². The van der Waals surface area contributed by atoms with Gasteiger partial charge in [0, 0.05) is 10.8 Å². The minimum atomic E-state index is 0.928. The Bertz CT molecular complexity index is 3450. The highest BCUT2D eigenvalue weighted by molar-refractivity contribution is 6.17. The molecular formula is C56H37N2O+. The molecule has 0 spiro atoms. The number of rotatable bonds is 6. The molecule has 1 aliphatic carbocycles. The molecule has 0 atom stereocenters. The van der Waals surface area contributed by atoms with Gasteiger partial charge in [-0.3, -0.25) is 0 Å². The normalized spacial score (nSPS) is 13.6. The van der Waals surface area contributed by atoms with Gasteiger partial charge in [0.05, 0.1) is 11.1 Å². The molecule has 0 fully saturated rings. The van der Waals surface area contributed by atoms with Crippen molar-refractivity contribution in [3.05, 3.63) is 216 Å². The summed E-state index contributed by atoms with van der Waals surface area (Å²) in [6, 6.07) is 68.0. The Hall–Kier alpha value is -7.62. The molecule has 0 N–H and O–H groups in total. The van der Waals surface area contributed by atoms with Crippen LogP contribution in [0, 0.1) is 0 Å². The quantitative estimate of drug-likeness (QED) is 0.155. The van der Waals surface area contributed by atoms with E-state index in [-0.39, 0.29) is 0 Å². The summed E-state index contributed by atoms with van der Waals surface area (Å²) in [5.74, 6) is 1.89. The summed E-state index contributed by atoms with van der Waals surface area (Å²) >= 11 is 0. The first-order valence-electron chi connectivity index (χ1n) is 20.4. The second-order valence-corrected chi connectivity index (χ2v) is 15.7. The Labute approximate surface area is 342 Å². The number of allylic oxidation sites excluding steroid dienone is 1. The van der Waals surface area contributed by atoms with E-state index in [1.807, 2.05) is 0 Å². The number of amidine groups is 2. The van der Waals surface area contributed by atoms with Crippen molar-refractivity contribution in [3.63, 3.8) is 0 Å². The maximum absolute atomic E-state index is 6.33. The van der Waals surface area contributed by atoms with E-state index < -0.39 is 0 Å². The molecule has 3 heteroatoms. The summed E-state index contributed by atoms with van der Waals surface area (Å²) in [7, 11) is 0. The topological polar surface area (TPSA) is 28.5 Å². The number of hydrogen-bond acceptors (Lipinski definition) is 2. The van der Waals surface area contributed by atoms with Gasteiger partial charge in [0.15, 0.2) is 0 Å². The van der Waals surface area contributed by atoms with Gasteiger partial charge in [-0.2, -0.15) is 4.58 Å². The molecule has 59 heavy (non-hydrogen) atoms. The molecule has 0 bridgehead atoms. The fraction of sp³-hybridized carbons (Fsp3) is 0.0357. The van der Waals surface area contributed by atoms with Crippen LogP contribution in [0.15, 0.2) is 204 Å². The van der Waals surface area contributed by atoms with Crippen LogP contribution >= 0.6 is 0 Å². The number of nitrogens with zero attached hydrogens (tertiary/aromatic N) is 2. The first kappa shape index (κ1) is 33.5. The Kier molecular flexibility index (Phi) is 7.67. The number of aryl methyl sites for hydroxylation is 1. The highest BCUT2D eigenvalue weighted by atomic mass is 16.3. The molecule has 10 aromatic rings. The van der Waals surface area contributed by atoms with Crippen molar-refractivity contribution in [2.45, 2.75) is 12.8 Å². The standard InChI is InChI=1S/C56H37N2O/c1-3-12-38-30-49(23-22-36(38)10-1)56-57-55(58(56)50-26-24-37-11-2-4-13-44(37)32-50)48-21-9-20-43(31-48)41-18-7-16-39(28-41)40-17-8-19-42(29-40)47-25-27-53-51(34-47)52-33-45-14-5-6-15-46(45)35-54(52)59-53/h1-4,6-13,15-35H,5,14H2/q+1. The van der Waals surface area contributed by atoms with E-state index in [0.29, 0.717) is 0 Å². The summed E-state index contributed by atoms with van der Waals surface area (Å²) in [5.41, 5.74) is 14.8. The lowest BCUT2D eigenvalue weighted by atomic mass is 9.94. The molecule has 0 radical (unpaired) electrons. The van der Waals surface area contributed by atoms with Gasteiger partial charge in [-0.05, 0) is 152 Å². The third kappa shape index (κ3) is 5.82. The Balaban J connectivity index is 0.887. The van der Waals surface area contributed by atoms with Crippen LogP contribution in [0.2, 0.25) is 0 Å². The molecule has 276 valence electrons. The molecule has 2 aliphatic rings. The average molecular weight is 754 g/mol. The second-order valence-electron chi connectivity index (χ2n) is 15.7. The van der Waals surface area contributed by atoms with E-state index in [1.54, 1.807) is 0 Å². The molecule has 1 aliphatic heterocycles. The lowest BCUT2D eigenvalue weighted by Crippen LogP contribution is -2.34. The summed E-state index contributed by atoms with van der Waals surface area (Å²) in [6.45, 7) is 0. The summed E-state index contributed by atoms with van der Waals surface area (Å²) in [4.78, 5) is 5.25. The van der Waals surface area contributed by atoms with Crippen LogP contribution in [-0.2, 0) is 6.42 Å². The number of aliphatic imine (C=N–C) groups is 1. The molecule has 9 aromatic carbocycles. The predicted octanol–water partition coefficient (Wildman–Crippen LogP) is 14.4. The molecule has 0 amide bonds. The van der Waals surface area contributed by atoms with Crippen LogP contribution < -0.4 is 0 Å². The van der Waals surface area contributed by atoms with Gasteiger partial charge in [-0.15, -0.1) is 0 Å². The van der Waals surface area contributed by atoms with Crippen molar-refractivity contribution in [3.8, 4) is 33.4 Å². The number of hydrogen-bond donors (Lipinski definition) is 0. The minimum absolute atomic E-state index is 0.928. The monoisotopic (exact) mass is 753 g/mol. The number of fused-ring (bicyclic) bond motifs is 6. The first-order chi connectivity index (χ1) is 29.2. The van der Waals surface area contributed by atoms with E-state index in [2.05, 4.69) is 205 Å². The highest BCUT2D eigenvalue weighted by Crippen LogP contribution is 2.37. The van der Waals surface area contributed by atoms with Crippen molar-refractivity contribution in [1.29, 1.82) is 0 Å². The third-order valence-electron chi connectivity index (χ3n) is 12.1. The Morgan fingerprint density at radius 1 is 0.424 bits per heavy atom. The maximum Gasteiger partial charge on any atom is 0.279 e. The molecular weight excluding hydrogens is 717 g/mol. The smallest absolute Gasteiger partial charge is 0.279 e. The molecule has 1 aromatic heterocycles. The van der Waals surface area contributed by atoms with E-state index in [4.69, 9.17) is 9.41 Å². The third-order valence-corrected chi connectivity index (χ3v) is 12.1. The second kappa shape index (κ2) is 13.5. The van der Waals surface area contributed by atoms with Crippen LogP contribution in [0.5, 0.6) is 0 Å². The lowest BCUT2D eigenvalue weighted by molar-refractivity contribution is -0.319. The van der Waals surface area contributed by atoms with Crippen molar-refractivity contribution in [1.82, 2.24) is 0 Å². The molecule has 3 nitrogen and oxygen atoms in total. The maximum atomic E-state index is 6.33. The van der Waals surface area contributed by atoms with E-state index in [1.165, 1.54) is 65.7 Å². The largest absolute Gasteiger partial charge is 0.456 e. The fourth-order valence-electron chi connectivity index (χ4n) is 9.01. The minimum Gasteiger partial charge on any atom is -0.456 e. The molecule has 0 saturated carbocycles. The van der Waals surface area contributed by atoms with Crippen molar-refractivity contribution >= 4 is 66.9 Å². The van der Waals surface area contributed by atoms with Crippen LogP contribution in [0.1, 0.15) is 28.7 Å². The molecule has 0 saturated heterocycles. The molecule has 0 unspecified atom stereocenters. The summed E-state index contributed by atoms with van der Waals surface area (Å²) < 4.78 is 8.64. The van der Waals surface area contributed by atoms with Gasteiger partial charge in [0.2, 0.25) is 0 Å². The summed E-state index contributed by atoms with van der Waals surface area (Å²) in [6.07, 6.45) is 6.63. The van der Waals surface area contributed by atoms with E-state index >= 15 is 0 Å².